The van der Waals surface area contributed by atoms with E-state index >= 15 is 0 Å². The Morgan fingerprint density at radius 1 is 1.18 bits per heavy atom. The van der Waals surface area contributed by atoms with E-state index in [1.165, 1.54) is 32.2 Å². The molecule has 0 radical (unpaired) electrons. The largest absolute Gasteiger partial charge is 0.309 e. The molecule has 0 aromatic rings. The summed E-state index contributed by atoms with van der Waals surface area (Å²) >= 11 is 0. The first-order valence-electron chi connectivity index (χ1n) is 4.88. The lowest BCUT2D eigenvalue weighted by Gasteiger charge is -2.38. The maximum atomic E-state index is 2.33. The Hall–Kier alpha value is -0.0400. The lowest BCUT2D eigenvalue weighted by atomic mass is 9.71. The van der Waals surface area contributed by atoms with Crippen LogP contribution in [0, 0.1) is 11.8 Å². The molecule has 66 valence electrons. The Kier molecular flexibility index (Phi) is 3.38. The van der Waals surface area contributed by atoms with Crippen LogP contribution in [-0.2, 0) is 0 Å². The smallest absolute Gasteiger partial charge is 0.000621 e. The van der Waals surface area contributed by atoms with Gasteiger partial charge in [-0.25, -0.2) is 0 Å². The Labute approximate surface area is 70.8 Å². The van der Waals surface area contributed by atoms with Crippen molar-refractivity contribution in [3.8, 4) is 0 Å². The third kappa shape index (κ3) is 2.48. The fourth-order valence-corrected chi connectivity index (χ4v) is 2.10. The molecule has 0 N–H and O–H groups in total. The van der Waals surface area contributed by atoms with Crippen molar-refractivity contribution in [2.45, 2.75) is 32.6 Å². The van der Waals surface area contributed by atoms with Gasteiger partial charge in [0, 0.05) is 6.54 Å². The van der Waals surface area contributed by atoms with Crippen molar-refractivity contribution in [3.05, 3.63) is 0 Å². The second-order valence-corrected chi connectivity index (χ2v) is 4.15. The van der Waals surface area contributed by atoms with Crippen molar-refractivity contribution in [3.63, 3.8) is 0 Å². The monoisotopic (exact) mass is 155 g/mol. The molecule has 1 aliphatic rings. The molecule has 0 heterocycles. The van der Waals surface area contributed by atoms with E-state index in [2.05, 4.69) is 25.9 Å². The van der Waals surface area contributed by atoms with E-state index < -0.39 is 0 Å². The minimum atomic E-state index is 1.02. The van der Waals surface area contributed by atoms with Crippen LogP contribution in [0.5, 0.6) is 0 Å². The maximum absolute atomic E-state index is 2.33. The molecule has 1 nitrogen and oxygen atoms in total. The fraction of sp³-hybridized carbons (Fsp3) is 1.00. The van der Waals surface area contributed by atoms with Crippen LogP contribution in [0.2, 0.25) is 0 Å². The normalized spacial score (nSPS) is 30.5. The molecule has 1 aliphatic carbocycles. The average Bonchev–Trinajstić information content (AvgIpc) is 1.93. The Morgan fingerprint density at radius 3 is 2.18 bits per heavy atom. The van der Waals surface area contributed by atoms with Crippen molar-refractivity contribution in [1.82, 2.24) is 4.90 Å². The van der Waals surface area contributed by atoms with Crippen LogP contribution in [0.25, 0.3) is 0 Å². The second kappa shape index (κ2) is 4.10. The van der Waals surface area contributed by atoms with Gasteiger partial charge in [-0.3, -0.25) is 0 Å². The summed E-state index contributed by atoms with van der Waals surface area (Å²) in [7, 11) is 4.36. The third-order valence-corrected chi connectivity index (χ3v) is 2.83. The topological polar surface area (TPSA) is 3.24 Å². The van der Waals surface area contributed by atoms with Crippen LogP contribution < -0.4 is 0 Å². The van der Waals surface area contributed by atoms with Crippen molar-refractivity contribution in [2.24, 2.45) is 11.8 Å². The minimum absolute atomic E-state index is 1.02. The van der Waals surface area contributed by atoms with Crippen molar-refractivity contribution >= 4 is 0 Å². The molecule has 1 heteroatoms. The highest BCUT2D eigenvalue weighted by molar-refractivity contribution is 4.81. The molecule has 1 saturated carbocycles. The van der Waals surface area contributed by atoms with Crippen LogP contribution in [0.1, 0.15) is 32.6 Å². The van der Waals surface area contributed by atoms with Gasteiger partial charge in [-0.1, -0.05) is 19.8 Å². The van der Waals surface area contributed by atoms with E-state index in [4.69, 9.17) is 0 Å². The number of hydrogen-bond acceptors (Lipinski definition) is 1. The van der Waals surface area contributed by atoms with Gasteiger partial charge < -0.3 is 4.90 Å². The van der Waals surface area contributed by atoms with E-state index in [1.54, 1.807) is 0 Å². The first kappa shape index (κ1) is 9.05. The fourth-order valence-electron chi connectivity index (χ4n) is 2.10. The maximum Gasteiger partial charge on any atom is 0.000621 e. The van der Waals surface area contributed by atoms with E-state index in [1.807, 2.05) is 0 Å². The van der Waals surface area contributed by atoms with Gasteiger partial charge >= 0.3 is 0 Å². The van der Waals surface area contributed by atoms with Crippen LogP contribution in [0.3, 0.4) is 0 Å². The summed E-state index contributed by atoms with van der Waals surface area (Å²) in [4.78, 5) is 2.33. The molecule has 0 bridgehead atoms. The first-order chi connectivity index (χ1) is 5.24. The standard InChI is InChI=1S/C10H21N/c1-4-5-9-6-7-10(9)8-11(2)3/h9-10H,4-8H2,1-3H3. The highest BCUT2D eigenvalue weighted by Crippen LogP contribution is 2.37. The molecule has 0 aliphatic heterocycles. The van der Waals surface area contributed by atoms with Gasteiger partial charge in [0.05, 0.1) is 0 Å². The van der Waals surface area contributed by atoms with Gasteiger partial charge in [-0.05, 0) is 38.8 Å². The van der Waals surface area contributed by atoms with Crippen LogP contribution in [-0.4, -0.2) is 25.5 Å². The van der Waals surface area contributed by atoms with Crippen molar-refractivity contribution in [2.75, 3.05) is 20.6 Å². The van der Waals surface area contributed by atoms with Crippen molar-refractivity contribution in [1.29, 1.82) is 0 Å². The molecular weight excluding hydrogens is 134 g/mol. The number of nitrogens with zero attached hydrogens (tertiary/aromatic N) is 1. The highest BCUT2D eigenvalue weighted by atomic mass is 15.1. The summed E-state index contributed by atoms with van der Waals surface area (Å²) in [6, 6.07) is 0. The molecule has 0 spiro atoms. The molecule has 0 aromatic heterocycles. The molecule has 1 rings (SSSR count). The van der Waals surface area contributed by atoms with Crippen LogP contribution in [0.4, 0.5) is 0 Å². The summed E-state index contributed by atoms with van der Waals surface area (Å²) in [6.45, 7) is 3.61. The van der Waals surface area contributed by atoms with E-state index in [-0.39, 0.29) is 0 Å². The predicted octanol–water partition coefficient (Wildman–Crippen LogP) is 2.37. The zero-order valence-corrected chi connectivity index (χ0v) is 8.14. The molecule has 0 amide bonds. The average molecular weight is 155 g/mol. The Balaban J connectivity index is 2.15. The lowest BCUT2D eigenvalue weighted by molar-refractivity contribution is 0.125. The minimum Gasteiger partial charge on any atom is -0.309 e. The van der Waals surface area contributed by atoms with Gasteiger partial charge in [-0.2, -0.15) is 0 Å². The van der Waals surface area contributed by atoms with Crippen LogP contribution >= 0.6 is 0 Å². The van der Waals surface area contributed by atoms with E-state index in [0.717, 1.165) is 11.8 Å². The molecule has 1 fully saturated rings. The van der Waals surface area contributed by atoms with Gasteiger partial charge in [0.2, 0.25) is 0 Å². The highest BCUT2D eigenvalue weighted by Gasteiger charge is 2.29. The molecule has 2 unspecified atom stereocenters. The number of rotatable bonds is 4. The lowest BCUT2D eigenvalue weighted by Crippen LogP contribution is -2.34. The summed E-state index contributed by atoms with van der Waals surface area (Å²) in [5.41, 5.74) is 0. The second-order valence-electron chi connectivity index (χ2n) is 4.15. The molecule has 11 heavy (non-hydrogen) atoms. The number of hydrogen-bond donors (Lipinski definition) is 0. The summed E-state index contributed by atoms with van der Waals surface area (Å²) in [6.07, 6.45) is 5.79. The molecular formula is C10H21N. The zero-order chi connectivity index (χ0) is 8.27. The van der Waals surface area contributed by atoms with Crippen LogP contribution in [0.15, 0.2) is 0 Å². The molecule has 2 atom stereocenters. The van der Waals surface area contributed by atoms with Crippen molar-refractivity contribution < 1.29 is 0 Å². The van der Waals surface area contributed by atoms with E-state index in [9.17, 15) is 0 Å². The Bertz CT molecular complexity index is 109. The zero-order valence-electron chi connectivity index (χ0n) is 8.14. The first-order valence-corrected chi connectivity index (χ1v) is 4.88. The summed E-state index contributed by atoms with van der Waals surface area (Å²) in [5.74, 6) is 2.08. The SMILES string of the molecule is CCCC1CCC1CN(C)C. The third-order valence-electron chi connectivity index (χ3n) is 2.83. The van der Waals surface area contributed by atoms with Gasteiger partial charge in [0.1, 0.15) is 0 Å². The van der Waals surface area contributed by atoms with Gasteiger partial charge in [0.15, 0.2) is 0 Å². The summed E-state index contributed by atoms with van der Waals surface area (Å²) in [5, 5.41) is 0. The van der Waals surface area contributed by atoms with Gasteiger partial charge in [0.25, 0.3) is 0 Å². The van der Waals surface area contributed by atoms with E-state index in [0.29, 0.717) is 0 Å². The molecule has 0 aromatic carbocycles. The quantitative estimate of drug-likeness (QED) is 0.602. The van der Waals surface area contributed by atoms with Gasteiger partial charge in [-0.15, -0.1) is 0 Å². The Morgan fingerprint density at radius 2 is 1.82 bits per heavy atom. The summed E-state index contributed by atoms with van der Waals surface area (Å²) < 4.78 is 0. The molecule has 0 saturated heterocycles. The predicted molar refractivity (Wildman–Crippen MR) is 49.7 cm³/mol.